The van der Waals surface area contributed by atoms with E-state index >= 15 is 0 Å². The van der Waals surface area contributed by atoms with Crippen molar-refractivity contribution in [2.24, 2.45) is 11.3 Å². The molecule has 0 saturated heterocycles. The SMILES string of the molecule is COC(=O)C1=CN(C(=O)OC)C=CC1C(C)(C)C(C)=O. The average Bonchev–Trinajstić information content (AvgIpc) is 2.44. The molecule has 1 unspecified atom stereocenters. The van der Waals surface area contributed by atoms with Crippen molar-refractivity contribution in [2.75, 3.05) is 14.2 Å². The first kappa shape index (κ1) is 15.9. The zero-order valence-corrected chi connectivity index (χ0v) is 12.3. The van der Waals surface area contributed by atoms with Crippen molar-refractivity contribution in [3.05, 3.63) is 24.0 Å². The van der Waals surface area contributed by atoms with Crippen LogP contribution >= 0.6 is 0 Å². The Hall–Kier alpha value is -2.11. The van der Waals surface area contributed by atoms with E-state index in [-0.39, 0.29) is 11.4 Å². The molecule has 0 N–H and O–H groups in total. The Kier molecular flexibility index (Phi) is 4.70. The number of Topliss-reactive ketones (excluding diaryl/α,β-unsaturated/α-hetero) is 1. The number of carbonyl (C=O) groups is 3. The first-order chi connectivity index (χ1) is 9.25. The molecule has 0 radical (unpaired) electrons. The van der Waals surface area contributed by atoms with Gasteiger partial charge in [-0.1, -0.05) is 19.9 Å². The molecule has 0 aromatic heterocycles. The smallest absolute Gasteiger partial charge is 0.417 e. The van der Waals surface area contributed by atoms with Gasteiger partial charge in [-0.05, 0) is 6.92 Å². The predicted octanol–water partition coefficient (Wildman–Crippen LogP) is 1.87. The van der Waals surface area contributed by atoms with Gasteiger partial charge in [-0.2, -0.15) is 0 Å². The van der Waals surface area contributed by atoms with Gasteiger partial charge in [0.2, 0.25) is 0 Å². The molecule has 6 nitrogen and oxygen atoms in total. The second-order valence-electron chi connectivity index (χ2n) is 5.05. The van der Waals surface area contributed by atoms with Crippen LogP contribution in [0, 0.1) is 11.3 Å². The van der Waals surface area contributed by atoms with Crippen molar-refractivity contribution in [2.45, 2.75) is 20.8 Å². The molecule has 1 aliphatic rings. The monoisotopic (exact) mass is 281 g/mol. The Balaban J connectivity index is 3.22. The predicted molar refractivity (Wildman–Crippen MR) is 71.4 cm³/mol. The van der Waals surface area contributed by atoms with Crippen molar-refractivity contribution in [1.82, 2.24) is 4.90 Å². The molecule has 0 fully saturated rings. The summed E-state index contributed by atoms with van der Waals surface area (Å²) in [5, 5.41) is 0. The number of allylic oxidation sites excluding steroid dienone is 1. The third-order valence-electron chi connectivity index (χ3n) is 3.54. The maximum absolute atomic E-state index is 11.9. The fraction of sp³-hybridized carbons (Fsp3) is 0.500. The molecule has 0 aromatic carbocycles. The van der Waals surface area contributed by atoms with Crippen molar-refractivity contribution >= 4 is 17.8 Å². The Bertz CT molecular complexity index is 490. The number of carbonyl (C=O) groups excluding carboxylic acids is 3. The number of ether oxygens (including phenoxy) is 2. The zero-order valence-electron chi connectivity index (χ0n) is 12.3. The summed E-state index contributed by atoms with van der Waals surface area (Å²) < 4.78 is 9.32. The molecule has 0 aromatic rings. The molecule has 1 atom stereocenters. The van der Waals surface area contributed by atoms with Crippen LogP contribution in [-0.2, 0) is 19.1 Å². The molecular weight excluding hydrogens is 262 g/mol. The van der Waals surface area contributed by atoms with E-state index in [1.807, 2.05) is 0 Å². The molecule has 1 amide bonds. The number of hydrogen-bond donors (Lipinski definition) is 0. The number of methoxy groups -OCH3 is 2. The second kappa shape index (κ2) is 5.90. The molecule has 1 rings (SSSR count). The Morgan fingerprint density at radius 3 is 2.25 bits per heavy atom. The maximum atomic E-state index is 11.9. The lowest BCUT2D eigenvalue weighted by Gasteiger charge is -2.33. The van der Waals surface area contributed by atoms with Crippen LogP contribution in [0.15, 0.2) is 24.0 Å². The summed E-state index contributed by atoms with van der Waals surface area (Å²) in [7, 11) is 2.50. The van der Waals surface area contributed by atoms with Crippen molar-refractivity contribution < 1.29 is 23.9 Å². The molecule has 6 heteroatoms. The van der Waals surface area contributed by atoms with E-state index in [1.54, 1.807) is 19.9 Å². The van der Waals surface area contributed by atoms with E-state index in [4.69, 9.17) is 4.74 Å². The Morgan fingerprint density at radius 2 is 1.80 bits per heavy atom. The third kappa shape index (κ3) is 2.89. The standard InChI is InChI=1S/C14H19NO5/c1-9(16)14(2,3)11-6-7-15(13(18)20-5)8-10(11)12(17)19-4/h6-8,11H,1-5H3. The fourth-order valence-electron chi connectivity index (χ4n) is 1.92. The minimum Gasteiger partial charge on any atom is -0.466 e. The molecule has 20 heavy (non-hydrogen) atoms. The van der Waals surface area contributed by atoms with Gasteiger partial charge < -0.3 is 9.47 Å². The van der Waals surface area contributed by atoms with Gasteiger partial charge in [-0.15, -0.1) is 0 Å². The molecule has 0 bridgehead atoms. The fourth-order valence-corrected chi connectivity index (χ4v) is 1.92. The third-order valence-corrected chi connectivity index (χ3v) is 3.54. The first-order valence-electron chi connectivity index (χ1n) is 6.11. The van der Waals surface area contributed by atoms with E-state index in [9.17, 15) is 14.4 Å². The van der Waals surface area contributed by atoms with Crippen LogP contribution in [0.2, 0.25) is 0 Å². The highest BCUT2D eigenvalue weighted by molar-refractivity contribution is 5.93. The van der Waals surface area contributed by atoms with Crippen LogP contribution in [0.25, 0.3) is 0 Å². The average molecular weight is 281 g/mol. The molecule has 0 aliphatic carbocycles. The maximum Gasteiger partial charge on any atom is 0.417 e. The van der Waals surface area contributed by atoms with Crippen LogP contribution in [0.1, 0.15) is 20.8 Å². The van der Waals surface area contributed by atoms with E-state index in [0.29, 0.717) is 0 Å². The highest BCUT2D eigenvalue weighted by Gasteiger charge is 2.39. The number of nitrogens with zero attached hydrogens (tertiary/aromatic N) is 1. The van der Waals surface area contributed by atoms with E-state index in [2.05, 4.69) is 4.74 Å². The quantitative estimate of drug-likeness (QED) is 0.738. The van der Waals surface area contributed by atoms with Crippen molar-refractivity contribution in [3.8, 4) is 0 Å². The van der Waals surface area contributed by atoms with Crippen LogP contribution in [0.3, 0.4) is 0 Å². The van der Waals surface area contributed by atoms with Crippen molar-refractivity contribution in [1.29, 1.82) is 0 Å². The van der Waals surface area contributed by atoms with Gasteiger partial charge in [0.1, 0.15) is 5.78 Å². The minimum absolute atomic E-state index is 0.0616. The van der Waals surface area contributed by atoms with Crippen LogP contribution in [-0.4, -0.2) is 37.0 Å². The molecule has 110 valence electrons. The lowest BCUT2D eigenvalue weighted by atomic mass is 9.71. The summed E-state index contributed by atoms with van der Waals surface area (Å²) in [5.41, 5.74) is -0.542. The van der Waals surface area contributed by atoms with Crippen LogP contribution in [0.5, 0.6) is 0 Å². The highest BCUT2D eigenvalue weighted by Crippen LogP contribution is 2.37. The minimum atomic E-state index is -0.779. The summed E-state index contributed by atoms with van der Waals surface area (Å²) in [6.45, 7) is 4.96. The number of amides is 1. The highest BCUT2D eigenvalue weighted by atomic mass is 16.5. The summed E-state index contributed by atoms with van der Waals surface area (Å²) in [5.74, 6) is -1.11. The van der Waals surface area contributed by atoms with Crippen molar-refractivity contribution in [3.63, 3.8) is 0 Å². The number of ketones is 1. The van der Waals surface area contributed by atoms with E-state index in [1.165, 1.54) is 33.5 Å². The number of esters is 1. The van der Waals surface area contributed by atoms with Crippen LogP contribution in [0.4, 0.5) is 4.79 Å². The topological polar surface area (TPSA) is 72.9 Å². The summed E-state index contributed by atoms with van der Waals surface area (Å²) in [6, 6.07) is 0. The summed E-state index contributed by atoms with van der Waals surface area (Å²) in [4.78, 5) is 36.3. The Morgan fingerprint density at radius 1 is 1.20 bits per heavy atom. The van der Waals surface area contributed by atoms with Gasteiger partial charge >= 0.3 is 12.1 Å². The van der Waals surface area contributed by atoms with E-state index in [0.717, 1.165) is 4.90 Å². The molecule has 1 aliphatic heterocycles. The molecule has 1 heterocycles. The van der Waals surface area contributed by atoms with Gasteiger partial charge in [0.25, 0.3) is 0 Å². The molecule has 0 spiro atoms. The van der Waals surface area contributed by atoms with E-state index < -0.39 is 23.4 Å². The summed E-state index contributed by atoms with van der Waals surface area (Å²) in [6.07, 6.45) is 3.83. The molecular formula is C14H19NO5. The van der Waals surface area contributed by atoms with Gasteiger partial charge in [0.15, 0.2) is 0 Å². The number of rotatable bonds is 3. The zero-order chi connectivity index (χ0) is 15.5. The lowest BCUT2D eigenvalue weighted by Crippen LogP contribution is -2.37. The lowest BCUT2D eigenvalue weighted by molar-refractivity contribution is -0.137. The first-order valence-corrected chi connectivity index (χ1v) is 6.11. The van der Waals surface area contributed by atoms with Gasteiger partial charge in [-0.25, -0.2) is 9.59 Å². The normalized spacial score (nSPS) is 18.4. The largest absolute Gasteiger partial charge is 0.466 e. The Labute approximate surface area is 118 Å². The van der Waals surface area contributed by atoms with Gasteiger partial charge in [0, 0.05) is 23.7 Å². The molecule has 0 saturated carbocycles. The van der Waals surface area contributed by atoms with Gasteiger partial charge in [-0.3, -0.25) is 9.69 Å². The number of hydrogen-bond acceptors (Lipinski definition) is 5. The van der Waals surface area contributed by atoms with Crippen LogP contribution < -0.4 is 0 Å². The summed E-state index contributed by atoms with van der Waals surface area (Å²) >= 11 is 0. The second-order valence-corrected chi connectivity index (χ2v) is 5.05. The van der Waals surface area contributed by atoms with Gasteiger partial charge in [0.05, 0.1) is 19.8 Å².